The Morgan fingerprint density at radius 1 is 1.23 bits per heavy atom. The quantitative estimate of drug-likeness (QED) is 0.572. The van der Waals surface area contributed by atoms with Gasteiger partial charge in [0.25, 0.3) is 0 Å². The summed E-state index contributed by atoms with van der Waals surface area (Å²) in [4.78, 5) is 0. The number of aromatic nitrogens is 1. The Hall–Kier alpha value is -1.59. The molecule has 3 nitrogen and oxygen atoms in total. The van der Waals surface area contributed by atoms with Gasteiger partial charge in [0.05, 0.1) is 10.7 Å². The first-order valence-electron chi connectivity index (χ1n) is 6.68. The fraction of sp³-hybridized carbons (Fsp3) is 0.188. The highest BCUT2D eigenvalue weighted by Crippen LogP contribution is 2.32. The van der Waals surface area contributed by atoms with E-state index in [0.717, 1.165) is 28.4 Å². The van der Waals surface area contributed by atoms with E-state index < -0.39 is 0 Å². The second kappa shape index (κ2) is 6.67. The van der Waals surface area contributed by atoms with Crippen LogP contribution in [0.1, 0.15) is 11.3 Å². The van der Waals surface area contributed by atoms with Crippen LogP contribution >= 0.6 is 27.5 Å². The van der Waals surface area contributed by atoms with Gasteiger partial charge < -0.3 is 9.26 Å². The molecule has 2 aromatic carbocycles. The van der Waals surface area contributed by atoms with Crippen LogP contribution in [0.3, 0.4) is 0 Å². The Morgan fingerprint density at radius 3 is 2.73 bits per heavy atom. The number of aryl methyl sites for hydroxylation is 1. The third kappa shape index (κ3) is 3.25. The van der Waals surface area contributed by atoms with Crippen molar-refractivity contribution in [2.45, 2.75) is 13.0 Å². The van der Waals surface area contributed by atoms with Crippen LogP contribution in [0.5, 0.6) is 5.75 Å². The summed E-state index contributed by atoms with van der Waals surface area (Å²) in [7, 11) is 0. The Balaban J connectivity index is 1.81. The monoisotopic (exact) mass is 383 g/mol. The molecule has 0 amide bonds. The molecule has 0 radical (unpaired) electrons. The number of rotatable bonds is 5. The Morgan fingerprint density at radius 2 is 2.00 bits per heavy atom. The molecule has 0 atom stereocenters. The van der Waals surface area contributed by atoms with Gasteiger partial charge >= 0.3 is 0 Å². The molecule has 0 saturated heterocycles. The van der Waals surface area contributed by atoms with Gasteiger partial charge in [-0.1, -0.05) is 44.8 Å². The lowest BCUT2D eigenvalue weighted by Crippen LogP contribution is -1.96. The molecule has 0 saturated carbocycles. The molecule has 0 N–H and O–H groups in total. The summed E-state index contributed by atoms with van der Waals surface area (Å²) in [6, 6.07) is 9.66. The van der Waals surface area contributed by atoms with Crippen LogP contribution in [-0.4, -0.2) is 10.5 Å². The molecule has 3 aromatic rings. The molecular formula is C16H12BrClFNO2. The van der Waals surface area contributed by atoms with Crippen LogP contribution in [-0.2, 0) is 13.0 Å². The summed E-state index contributed by atoms with van der Waals surface area (Å²) in [5.74, 6) is 0.240. The molecule has 1 heterocycles. The summed E-state index contributed by atoms with van der Waals surface area (Å²) in [6.07, 6.45) is 0.763. The van der Waals surface area contributed by atoms with Crippen LogP contribution in [0.15, 0.2) is 40.9 Å². The summed E-state index contributed by atoms with van der Waals surface area (Å²) in [5, 5.41) is 6.22. The van der Waals surface area contributed by atoms with Crippen molar-refractivity contribution < 1.29 is 13.7 Å². The van der Waals surface area contributed by atoms with E-state index in [4.69, 9.17) is 20.9 Å². The number of hydrogen-bond donors (Lipinski definition) is 0. The van der Waals surface area contributed by atoms with Crippen molar-refractivity contribution in [3.8, 4) is 5.75 Å². The van der Waals surface area contributed by atoms with E-state index in [1.807, 2.05) is 0 Å². The van der Waals surface area contributed by atoms with E-state index in [0.29, 0.717) is 23.0 Å². The van der Waals surface area contributed by atoms with Crippen molar-refractivity contribution in [1.82, 2.24) is 5.16 Å². The smallest absolute Gasteiger partial charge is 0.170 e. The van der Waals surface area contributed by atoms with Crippen molar-refractivity contribution in [3.63, 3.8) is 0 Å². The van der Waals surface area contributed by atoms with Gasteiger partial charge in [0.15, 0.2) is 5.58 Å². The molecule has 3 rings (SSSR count). The molecular weight excluding hydrogens is 373 g/mol. The zero-order valence-corrected chi connectivity index (χ0v) is 13.8. The van der Waals surface area contributed by atoms with Crippen LogP contribution in [0.4, 0.5) is 4.39 Å². The summed E-state index contributed by atoms with van der Waals surface area (Å²) in [6.45, 7) is 0.300. The lowest BCUT2D eigenvalue weighted by Gasteiger charge is -2.08. The average molecular weight is 385 g/mol. The van der Waals surface area contributed by atoms with Gasteiger partial charge in [-0.05, 0) is 23.8 Å². The Bertz CT molecular complexity index is 789. The predicted molar refractivity (Wildman–Crippen MR) is 87.2 cm³/mol. The maximum Gasteiger partial charge on any atom is 0.170 e. The molecule has 114 valence electrons. The highest BCUT2D eigenvalue weighted by Gasteiger charge is 2.12. The van der Waals surface area contributed by atoms with Crippen LogP contribution in [0, 0.1) is 5.82 Å². The first-order valence-corrected chi connectivity index (χ1v) is 8.18. The summed E-state index contributed by atoms with van der Waals surface area (Å²) >= 11 is 9.64. The second-order valence-corrected chi connectivity index (χ2v) is 5.96. The summed E-state index contributed by atoms with van der Waals surface area (Å²) < 4.78 is 23.9. The first kappa shape index (κ1) is 15.3. The summed E-state index contributed by atoms with van der Waals surface area (Å²) in [5.41, 5.74) is 2.35. The number of halogens is 3. The van der Waals surface area contributed by atoms with Crippen LogP contribution in [0.2, 0.25) is 5.02 Å². The van der Waals surface area contributed by atoms with Crippen molar-refractivity contribution in [2.24, 2.45) is 0 Å². The zero-order chi connectivity index (χ0) is 15.5. The Labute approximate surface area is 140 Å². The average Bonchev–Trinajstić information content (AvgIpc) is 2.89. The molecule has 0 bridgehead atoms. The van der Waals surface area contributed by atoms with E-state index in [-0.39, 0.29) is 5.82 Å². The lowest BCUT2D eigenvalue weighted by atomic mass is 10.2. The zero-order valence-electron chi connectivity index (χ0n) is 11.5. The number of nitrogens with zero attached hydrogens (tertiary/aromatic N) is 1. The standard InChI is InChI=1S/C16H12BrClFNO2/c17-6-5-14-12-7-13(18)16(8-15(12)22-20-14)21-9-10-1-3-11(19)4-2-10/h1-4,7-8H,5-6,9H2. The van der Waals surface area contributed by atoms with Gasteiger partial charge in [0, 0.05) is 23.2 Å². The van der Waals surface area contributed by atoms with E-state index in [1.54, 1.807) is 24.3 Å². The van der Waals surface area contributed by atoms with Gasteiger partial charge in [-0.15, -0.1) is 0 Å². The van der Waals surface area contributed by atoms with Crippen molar-refractivity contribution >= 4 is 38.5 Å². The van der Waals surface area contributed by atoms with Gasteiger partial charge in [0.2, 0.25) is 0 Å². The lowest BCUT2D eigenvalue weighted by molar-refractivity contribution is 0.306. The van der Waals surface area contributed by atoms with Gasteiger partial charge in [0.1, 0.15) is 18.2 Å². The molecule has 22 heavy (non-hydrogen) atoms. The molecule has 0 aliphatic rings. The third-order valence-corrected chi connectivity index (χ3v) is 3.93. The number of hydrogen-bond acceptors (Lipinski definition) is 3. The number of fused-ring (bicyclic) bond motifs is 1. The predicted octanol–water partition coefficient (Wildman–Crippen LogP) is 5.14. The van der Waals surface area contributed by atoms with Gasteiger partial charge in [-0.3, -0.25) is 0 Å². The minimum atomic E-state index is -0.274. The molecule has 0 spiro atoms. The number of alkyl halides is 1. The largest absolute Gasteiger partial charge is 0.487 e. The minimum Gasteiger partial charge on any atom is -0.487 e. The normalized spacial score (nSPS) is 11.0. The number of ether oxygens (including phenoxy) is 1. The van der Waals surface area contributed by atoms with E-state index in [2.05, 4.69) is 21.1 Å². The molecule has 0 aliphatic carbocycles. The fourth-order valence-corrected chi connectivity index (χ4v) is 2.71. The highest BCUT2D eigenvalue weighted by atomic mass is 79.9. The van der Waals surface area contributed by atoms with Crippen molar-refractivity contribution in [2.75, 3.05) is 5.33 Å². The molecule has 0 fully saturated rings. The highest BCUT2D eigenvalue weighted by molar-refractivity contribution is 9.09. The van der Waals surface area contributed by atoms with Gasteiger partial charge in [-0.2, -0.15) is 0 Å². The SMILES string of the molecule is Fc1ccc(COc2cc3onc(CCBr)c3cc2Cl)cc1. The van der Waals surface area contributed by atoms with E-state index >= 15 is 0 Å². The minimum absolute atomic E-state index is 0.274. The Kier molecular flexibility index (Phi) is 4.64. The van der Waals surface area contributed by atoms with Crippen LogP contribution in [0.25, 0.3) is 11.0 Å². The topological polar surface area (TPSA) is 35.3 Å². The van der Waals surface area contributed by atoms with Crippen molar-refractivity contribution in [1.29, 1.82) is 0 Å². The second-order valence-electron chi connectivity index (χ2n) is 4.76. The molecule has 6 heteroatoms. The molecule has 0 aliphatic heterocycles. The maximum atomic E-state index is 12.9. The molecule has 1 aromatic heterocycles. The fourth-order valence-electron chi connectivity index (χ4n) is 2.11. The van der Waals surface area contributed by atoms with Gasteiger partial charge in [-0.25, -0.2) is 4.39 Å². The maximum absolute atomic E-state index is 12.9. The van der Waals surface area contributed by atoms with Crippen LogP contribution < -0.4 is 4.74 Å². The van der Waals surface area contributed by atoms with E-state index in [9.17, 15) is 4.39 Å². The van der Waals surface area contributed by atoms with Crippen molar-refractivity contribution in [3.05, 3.63) is 58.5 Å². The number of benzene rings is 2. The first-order chi connectivity index (χ1) is 10.7. The third-order valence-electron chi connectivity index (χ3n) is 3.24. The molecule has 0 unspecified atom stereocenters. The van der Waals surface area contributed by atoms with E-state index in [1.165, 1.54) is 12.1 Å².